The molecule has 9 nitrogen and oxygen atoms in total. The third-order valence-electron chi connectivity index (χ3n) is 4.93. The van der Waals surface area contributed by atoms with Gasteiger partial charge in [-0.2, -0.15) is 0 Å². The second-order valence-electron chi connectivity index (χ2n) is 7.04. The summed E-state index contributed by atoms with van der Waals surface area (Å²) in [4.78, 5) is 24.2. The molecule has 29 heavy (non-hydrogen) atoms. The lowest BCUT2D eigenvalue weighted by molar-refractivity contribution is 0.0996. The molecule has 1 fully saturated rings. The number of primary amides is 1. The van der Waals surface area contributed by atoms with Crippen molar-refractivity contribution in [1.29, 1.82) is 0 Å². The third-order valence-corrected chi connectivity index (χ3v) is 4.93. The van der Waals surface area contributed by atoms with Crippen molar-refractivity contribution >= 4 is 11.7 Å². The van der Waals surface area contributed by atoms with E-state index in [0.717, 1.165) is 50.6 Å². The van der Waals surface area contributed by atoms with Crippen molar-refractivity contribution in [1.82, 2.24) is 19.8 Å². The van der Waals surface area contributed by atoms with Gasteiger partial charge in [0.15, 0.2) is 11.5 Å². The molecule has 0 saturated carbocycles. The van der Waals surface area contributed by atoms with Crippen molar-refractivity contribution in [3.05, 3.63) is 47.4 Å². The maximum absolute atomic E-state index is 11.4. The fraction of sp³-hybridized carbons (Fsp3) is 0.450. The smallest absolute Gasteiger partial charge is 0.271 e. The van der Waals surface area contributed by atoms with E-state index in [2.05, 4.69) is 19.8 Å². The average Bonchev–Trinajstić information content (AvgIpc) is 2.71. The van der Waals surface area contributed by atoms with Crippen LogP contribution in [-0.2, 0) is 6.42 Å². The number of hydrogen-bond acceptors (Lipinski definition) is 8. The molecule has 1 saturated heterocycles. The SMILES string of the molecule is NC(=O)c1nc(Cc2cccc(OCCN3CCN(CCO)CC3)c2)cnc1N. The standard InChI is InChI=1S/C20H28N6O3/c21-19-18(20(22)28)24-16(14-23-19)12-15-2-1-3-17(13-15)29-11-9-26-6-4-25(5-7-26)8-10-27/h1-3,13-14,27H,4-12H2,(H2,21,23)(H2,22,28). The van der Waals surface area contributed by atoms with Crippen LogP contribution in [0, 0.1) is 0 Å². The van der Waals surface area contributed by atoms with Gasteiger partial charge in [-0.1, -0.05) is 12.1 Å². The highest BCUT2D eigenvalue weighted by atomic mass is 16.5. The maximum Gasteiger partial charge on any atom is 0.271 e. The first kappa shape index (κ1) is 21.0. The summed E-state index contributed by atoms with van der Waals surface area (Å²) in [5.74, 6) is 0.140. The first-order chi connectivity index (χ1) is 14.0. The lowest BCUT2D eigenvalue weighted by atomic mass is 10.1. The fourth-order valence-electron chi connectivity index (χ4n) is 3.33. The van der Waals surface area contributed by atoms with E-state index >= 15 is 0 Å². The van der Waals surface area contributed by atoms with Gasteiger partial charge in [0.05, 0.1) is 18.5 Å². The Balaban J connectivity index is 1.50. The van der Waals surface area contributed by atoms with Crippen LogP contribution in [-0.4, -0.2) is 83.3 Å². The van der Waals surface area contributed by atoms with Crippen molar-refractivity contribution in [3.63, 3.8) is 0 Å². The Hall–Kier alpha value is -2.75. The van der Waals surface area contributed by atoms with Gasteiger partial charge in [0.25, 0.3) is 5.91 Å². The number of carbonyl (C=O) groups excluding carboxylic acids is 1. The minimum absolute atomic E-state index is 0.00556. The Morgan fingerprint density at radius 2 is 1.90 bits per heavy atom. The van der Waals surface area contributed by atoms with Crippen LogP contribution in [0.1, 0.15) is 21.7 Å². The number of carbonyl (C=O) groups is 1. The Kier molecular flexibility index (Phi) is 7.34. The van der Waals surface area contributed by atoms with E-state index < -0.39 is 5.91 Å². The minimum atomic E-state index is -0.689. The van der Waals surface area contributed by atoms with Crippen molar-refractivity contribution in [2.75, 3.05) is 58.2 Å². The summed E-state index contributed by atoms with van der Waals surface area (Å²) in [6.45, 7) is 6.36. The zero-order chi connectivity index (χ0) is 20.6. The number of ether oxygens (including phenoxy) is 1. The van der Waals surface area contributed by atoms with E-state index in [1.807, 2.05) is 24.3 Å². The quantitative estimate of drug-likeness (QED) is 0.525. The highest BCUT2D eigenvalue weighted by Crippen LogP contribution is 2.17. The summed E-state index contributed by atoms with van der Waals surface area (Å²) >= 11 is 0. The molecule has 0 spiro atoms. The molecule has 1 aliphatic heterocycles. The van der Waals surface area contributed by atoms with E-state index in [9.17, 15) is 4.79 Å². The summed E-state index contributed by atoms with van der Waals surface area (Å²) in [7, 11) is 0. The topological polar surface area (TPSA) is 131 Å². The Morgan fingerprint density at radius 3 is 2.59 bits per heavy atom. The summed E-state index contributed by atoms with van der Waals surface area (Å²) in [6.07, 6.45) is 2.04. The molecule has 1 aromatic heterocycles. The van der Waals surface area contributed by atoms with Gasteiger partial charge in [-0.25, -0.2) is 9.97 Å². The van der Waals surface area contributed by atoms with E-state index in [-0.39, 0.29) is 18.1 Å². The number of β-amino-alcohol motifs (C(OH)–C–C–N with tert-alkyl or cyclic N) is 1. The number of aromatic nitrogens is 2. The van der Waals surface area contributed by atoms with E-state index in [1.54, 1.807) is 6.20 Å². The molecule has 0 radical (unpaired) electrons. The summed E-state index contributed by atoms with van der Waals surface area (Å²) in [6, 6.07) is 7.78. The monoisotopic (exact) mass is 400 g/mol. The lowest BCUT2D eigenvalue weighted by Gasteiger charge is -2.34. The van der Waals surface area contributed by atoms with Gasteiger partial charge in [-0.3, -0.25) is 14.6 Å². The number of anilines is 1. The van der Waals surface area contributed by atoms with E-state index in [4.69, 9.17) is 21.3 Å². The van der Waals surface area contributed by atoms with Crippen LogP contribution in [0.15, 0.2) is 30.5 Å². The second-order valence-corrected chi connectivity index (χ2v) is 7.04. The molecule has 5 N–H and O–H groups in total. The Morgan fingerprint density at radius 1 is 1.17 bits per heavy atom. The molecule has 0 aliphatic carbocycles. The molecule has 2 aromatic rings. The number of nitrogens with zero attached hydrogens (tertiary/aromatic N) is 4. The van der Waals surface area contributed by atoms with Crippen LogP contribution < -0.4 is 16.2 Å². The van der Waals surface area contributed by atoms with Gasteiger partial charge < -0.3 is 21.3 Å². The molecule has 0 bridgehead atoms. The Bertz CT molecular complexity index is 824. The zero-order valence-electron chi connectivity index (χ0n) is 16.5. The van der Waals surface area contributed by atoms with Crippen molar-refractivity contribution < 1.29 is 14.6 Å². The molecule has 0 unspecified atom stereocenters. The van der Waals surface area contributed by atoms with Crippen LogP contribution >= 0.6 is 0 Å². The number of nitrogen functional groups attached to an aromatic ring is 1. The van der Waals surface area contributed by atoms with Crippen molar-refractivity contribution in [3.8, 4) is 5.75 Å². The number of rotatable bonds is 9. The number of aliphatic hydroxyl groups is 1. The number of nitrogens with two attached hydrogens (primary N) is 2. The Labute approximate surface area is 170 Å². The number of amides is 1. The largest absolute Gasteiger partial charge is 0.492 e. The zero-order valence-corrected chi connectivity index (χ0v) is 16.5. The van der Waals surface area contributed by atoms with E-state index in [1.165, 1.54) is 0 Å². The highest BCUT2D eigenvalue weighted by molar-refractivity contribution is 5.94. The second kappa shape index (κ2) is 10.1. The summed E-state index contributed by atoms with van der Waals surface area (Å²) < 4.78 is 5.92. The molecule has 2 heterocycles. The van der Waals surface area contributed by atoms with Crippen LogP contribution in [0.4, 0.5) is 5.82 Å². The number of aliphatic hydroxyl groups excluding tert-OH is 1. The minimum Gasteiger partial charge on any atom is -0.492 e. The van der Waals surface area contributed by atoms with Crippen LogP contribution in [0.5, 0.6) is 5.75 Å². The van der Waals surface area contributed by atoms with Crippen molar-refractivity contribution in [2.24, 2.45) is 5.73 Å². The molecule has 1 amide bonds. The summed E-state index contributed by atoms with van der Waals surface area (Å²) in [5.41, 5.74) is 12.5. The van der Waals surface area contributed by atoms with Gasteiger partial charge in [0.2, 0.25) is 0 Å². The fourth-order valence-corrected chi connectivity index (χ4v) is 3.33. The van der Waals surface area contributed by atoms with Crippen molar-refractivity contribution in [2.45, 2.75) is 6.42 Å². The number of piperazine rings is 1. The highest BCUT2D eigenvalue weighted by Gasteiger charge is 2.16. The first-order valence-corrected chi connectivity index (χ1v) is 9.73. The number of benzene rings is 1. The normalized spacial score (nSPS) is 15.3. The molecular weight excluding hydrogens is 372 g/mol. The molecule has 3 rings (SSSR count). The van der Waals surface area contributed by atoms with Crippen LogP contribution in [0.2, 0.25) is 0 Å². The molecule has 0 atom stereocenters. The van der Waals surface area contributed by atoms with E-state index in [0.29, 0.717) is 18.7 Å². The van der Waals surface area contributed by atoms with Gasteiger partial charge in [0.1, 0.15) is 12.4 Å². The molecule has 9 heteroatoms. The molecule has 1 aliphatic rings. The maximum atomic E-state index is 11.4. The molecule has 1 aromatic carbocycles. The van der Waals surface area contributed by atoms with Gasteiger partial charge in [-0.15, -0.1) is 0 Å². The predicted octanol–water partition coefficient (Wildman–Crippen LogP) is -0.263. The summed E-state index contributed by atoms with van der Waals surface area (Å²) in [5, 5.41) is 9.01. The predicted molar refractivity (Wildman–Crippen MR) is 110 cm³/mol. The molecular formula is C20H28N6O3. The number of hydrogen-bond donors (Lipinski definition) is 3. The van der Waals surface area contributed by atoms with Gasteiger partial charge in [-0.05, 0) is 17.7 Å². The third kappa shape index (κ3) is 6.11. The van der Waals surface area contributed by atoms with Gasteiger partial charge in [0, 0.05) is 45.7 Å². The average molecular weight is 400 g/mol. The van der Waals surface area contributed by atoms with Crippen LogP contribution in [0.3, 0.4) is 0 Å². The van der Waals surface area contributed by atoms with Crippen LogP contribution in [0.25, 0.3) is 0 Å². The lowest BCUT2D eigenvalue weighted by Crippen LogP contribution is -2.48. The molecule has 156 valence electrons. The first-order valence-electron chi connectivity index (χ1n) is 9.73. The van der Waals surface area contributed by atoms with Gasteiger partial charge >= 0.3 is 0 Å².